The lowest BCUT2D eigenvalue weighted by Gasteiger charge is -2.36. The summed E-state index contributed by atoms with van der Waals surface area (Å²) in [6.07, 6.45) is 2.64. The van der Waals surface area contributed by atoms with Gasteiger partial charge in [0, 0.05) is 56.0 Å². The second-order valence-electron chi connectivity index (χ2n) is 9.28. The third-order valence-corrected chi connectivity index (χ3v) is 6.90. The average Bonchev–Trinajstić information content (AvgIpc) is 3.26. The molecule has 1 aliphatic rings. The standard InChI is InChI=1S/C29H32N2O5/c1-30-18-22(13-14-28(33)35-2)23(24(19-30)29(34)36-3)16-27(32)26-15-21-11-7-8-12-25(21)31(26)17-20-9-5-4-6-10-20/h4-12,15,19,22-23H,13-14,16-18H2,1-3H3/t22-,23-/m0/s1. The minimum Gasteiger partial charge on any atom is -0.469 e. The second-order valence-corrected chi connectivity index (χ2v) is 9.28. The lowest BCUT2D eigenvalue weighted by Crippen LogP contribution is -2.38. The number of carbonyl (C=O) groups excluding carboxylic acids is 3. The van der Waals surface area contributed by atoms with Crippen LogP contribution in [0.25, 0.3) is 10.9 Å². The fourth-order valence-corrected chi connectivity index (χ4v) is 5.12. The molecular formula is C29H32N2O5. The second kappa shape index (κ2) is 11.2. The molecule has 4 rings (SSSR count). The summed E-state index contributed by atoms with van der Waals surface area (Å²) in [6.45, 7) is 1.19. The minimum atomic E-state index is -0.452. The van der Waals surface area contributed by atoms with E-state index in [4.69, 9.17) is 9.47 Å². The van der Waals surface area contributed by atoms with E-state index in [9.17, 15) is 14.4 Å². The van der Waals surface area contributed by atoms with Crippen molar-refractivity contribution in [3.63, 3.8) is 0 Å². The van der Waals surface area contributed by atoms with E-state index in [1.54, 1.807) is 6.20 Å². The predicted molar refractivity (Wildman–Crippen MR) is 137 cm³/mol. The molecule has 36 heavy (non-hydrogen) atoms. The molecule has 0 amide bonds. The first-order chi connectivity index (χ1) is 17.4. The van der Waals surface area contributed by atoms with Crippen LogP contribution in [0.4, 0.5) is 0 Å². The zero-order valence-electron chi connectivity index (χ0n) is 21.0. The molecule has 7 heteroatoms. The number of fused-ring (bicyclic) bond motifs is 1. The van der Waals surface area contributed by atoms with Crippen molar-refractivity contribution in [3.05, 3.63) is 83.7 Å². The molecule has 1 aromatic heterocycles. The van der Waals surface area contributed by atoms with Crippen LogP contribution in [0.15, 0.2) is 72.4 Å². The Labute approximate surface area is 211 Å². The summed E-state index contributed by atoms with van der Waals surface area (Å²) < 4.78 is 11.9. The average molecular weight is 489 g/mol. The van der Waals surface area contributed by atoms with Crippen molar-refractivity contribution < 1.29 is 23.9 Å². The van der Waals surface area contributed by atoms with E-state index >= 15 is 0 Å². The van der Waals surface area contributed by atoms with Crippen LogP contribution in [-0.4, -0.2) is 55.0 Å². The molecule has 2 heterocycles. The van der Waals surface area contributed by atoms with Gasteiger partial charge in [0.05, 0.1) is 25.5 Å². The monoisotopic (exact) mass is 488 g/mol. The molecule has 2 atom stereocenters. The van der Waals surface area contributed by atoms with E-state index in [0.29, 0.717) is 30.8 Å². The summed E-state index contributed by atoms with van der Waals surface area (Å²) in [6, 6.07) is 19.9. The van der Waals surface area contributed by atoms with Gasteiger partial charge in [-0.15, -0.1) is 0 Å². The van der Waals surface area contributed by atoms with Gasteiger partial charge in [-0.3, -0.25) is 9.59 Å². The van der Waals surface area contributed by atoms with Crippen molar-refractivity contribution in [2.75, 3.05) is 27.8 Å². The Hall–Kier alpha value is -3.87. The van der Waals surface area contributed by atoms with Gasteiger partial charge < -0.3 is 18.9 Å². The van der Waals surface area contributed by atoms with E-state index in [-0.39, 0.29) is 36.4 Å². The molecule has 7 nitrogen and oxygen atoms in total. The van der Waals surface area contributed by atoms with Gasteiger partial charge in [-0.25, -0.2) is 4.79 Å². The molecule has 0 bridgehead atoms. The van der Waals surface area contributed by atoms with Gasteiger partial charge in [-0.1, -0.05) is 48.5 Å². The molecule has 1 aliphatic heterocycles. The molecule has 0 radical (unpaired) electrons. The van der Waals surface area contributed by atoms with Gasteiger partial charge >= 0.3 is 11.9 Å². The Morgan fingerprint density at radius 3 is 2.42 bits per heavy atom. The lowest BCUT2D eigenvalue weighted by molar-refractivity contribution is -0.141. The number of aromatic nitrogens is 1. The van der Waals surface area contributed by atoms with Crippen LogP contribution in [0, 0.1) is 11.8 Å². The highest BCUT2D eigenvalue weighted by atomic mass is 16.5. The maximum Gasteiger partial charge on any atom is 0.335 e. The number of nitrogens with zero attached hydrogens (tertiary/aromatic N) is 2. The van der Waals surface area contributed by atoms with E-state index in [1.807, 2.05) is 77.2 Å². The molecule has 3 aromatic rings. The number of rotatable bonds is 9. The smallest absolute Gasteiger partial charge is 0.335 e. The predicted octanol–water partition coefficient (Wildman–Crippen LogP) is 4.45. The summed E-state index contributed by atoms with van der Waals surface area (Å²) in [5.74, 6) is -1.25. The highest BCUT2D eigenvalue weighted by Gasteiger charge is 2.36. The first-order valence-electron chi connectivity index (χ1n) is 12.1. The van der Waals surface area contributed by atoms with Gasteiger partial charge in [0.1, 0.15) is 0 Å². The van der Waals surface area contributed by atoms with Crippen molar-refractivity contribution >= 4 is 28.6 Å². The third kappa shape index (κ3) is 5.51. The summed E-state index contributed by atoms with van der Waals surface area (Å²) in [5.41, 5.74) is 3.15. The molecule has 0 N–H and O–H groups in total. The Morgan fingerprint density at radius 1 is 0.972 bits per heavy atom. The number of para-hydroxylation sites is 1. The van der Waals surface area contributed by atoms with Crippen LogP contribution < -0.4 is 0 Å². The summed E-state index contributed by atoms with van der Waals surface area (Å²) in [4.78, 5) is 40.4. The SMILES string of the molecule is COC(=O)CC[C@H]1CN(C)C=C(C(=O)OC)[C@H]1CC(=O)c1cc2ccccc2n1Cc1ccccc1. The molecule has 0 aliphatic carbocycles. The molecule has 0 spiro atoms. The van der Waals surface area contributed by atoms with Gasteiger partial charge in [0.15, 0.2) is 5.78 Å². The number of ketones is 1. The van der Waals surface area contributed by atoms with Crippen LogP contribution in [-0.2, 0) is 25.6 Å². The number of Topliss-reactive ketones (excluding diaryl/α,β-unsaturated/α-hetero) is 1. The Morgan fingerprint density at radius 2 is 1.69 bits per heavy atom. The fraction of sp³-hybridized carbons (Fsp3) is 0.345. The van der Waals surface area contributed by atoms with Crippen molar-refractivity contribution in [1.29, 1.82) is 0 Å². The normalized spacial score (nSPS) is 17.5. The Bertz CT molecular complexity index is 1280. The number of carbonyl (C=O) groups is 3. The number of esters is 2. The van der Waals surface area contributed by atoms with Crippen molar-refractivity contribution in [3.8, 4) is 0 Å². The maximum atomic E-state index is 13.9. The minimum absolute atomic E-state index is 0.0467. The van der Waals surface area contributed by atoms with Crippen LogP contribution in [0.3, 0.4) is 0 Å². The largest absolute Gasteiger partial charge is 0.469 e. The van der Waals surface area contributed by atoms with Crippen LogP contribution in [0.5, 0.6) is 0 Å². The molecule has 2 aromatic carbocycles. The van der Waals surface area contributed by atoms with E-state index in [2.05, 4.69) is 0 Å². The topological polar surface area (TPSA) is 77.8 Å². The molecular weight excluding hydrogens is 456 g/mol. The zero-order chi connectivity index (χ0) is 25.7. The van der Waals surface area contributed by atoms with E-state index in [0.717, 1.165) is 16.5 Å². The van der Waals surface area contributed by atoms with Gasteiger partial charge in [-0.05, 0) is 30.0 Å². The molecule has 0 unspecified atom stereocenters. The van der Waals surface area contributed by atoms with E-state index < -0.39 is 5.97 Å². The first-order valence-corrected chi connectivity index (χ1v) is 12.1. The van der Waals surface area contributed by atoms with Crippen molar-refractivity contribution in [2.45, 2.75) is 25.8 Å². The number of methoxy groups -OCH3 is 2. The summed E-state index contributed by atoms with van der Waals surface area (Å²) in [5, 5.41) is 0.992. The molecule has 0 saturated heterocycles. The maximum absolute atomic E-state index is 13.9. The summed E-state index contributed by atoms with van der Waals surface area (Å²) >= 11 is 0. The highest BCUT2D eigenvalue weighted by Crippen LogP contribution is 2.35. The van der Waals surface area contributed by atoms with Crippen LogP contribution >= 0.6 is 0 Å². The zero-order valence-corrected chi connectivity index (χ0v) is 21.0. The highest BCUT2D eigenvalue weighted by molar-refractivity contribution is 6.01. The number of ether oxygens (including phenoxy) is 2. The van der Waals surface area contributed by atoms with Crippen LogP contribution in [0.1, 0.15) is 35.3 Å². The quantitative estimate of drug-likeness (QED) is 0.327. The Kier molecular flexibility index (Phi) is 7.88. The van der Waals surface area contributed by atoms with E-state index in [1.165, 1.54) is 14.2 Å². The fourth-order valence-electron chi connectivity index (χ4n) is 5.12. The van der Waals surface area contributed by atoms with Gasteiger partial charge in [0.25, 0.3) is 0 Å². The number of hydrogen-bond donors (Lipinski definition) is 0. The van der Waals surface area contributed by atoms with Crippen molar-refractivity contribution in [2.24, 2.45) is 11.8 Å². The van der Waals surface area contributed by atoms with Gasteiger partial charge in [0.2, 0.25) is 0 Å². The number of hydrogen-bond acceptors (Lipinski definition) is 6. The van der Waals surface area contributed by atoms with Crippen molar-refractivity contribution in [1.82, 2.24) is 9.47 Å². The lowest BCUT2D eigenvalue weighted by atomic mass is 9.77. The van der Waals surface area contributed by atoms with Gasteiger partial charge in [-0.2, -0.15) is 0 Å². The summed E-state index contributed by atoms with van der Waals surface area (Å²) in [7, 11) is 4.59. The first kappa shape index (κ1) is 25.2. The number of benzene rings is 2. The Balaban J connectivity index is 1.68. The molecule has 188 valence electrons. The molecule has 0 saturated carbocycles. The van der Waals surface area contributed by atoms with Crippen LogP contribution in [0.2, 0.25) is 0 Å². The third-order valence-electron chi connectivity index (χ3n) is 6.90. The molecule has 0 fully saturated rings.